The molecule has 0 aliphatic carbocycles. The lowest BCUT2D eigenvalue weighted by atomic mass is 9.71. The molecule has 0 saturated heterocycles. The number of aliphatic hydroxyl groups is 1. The van der Waals surface area contributed by atoms with Crippen LogP contribution in [0.25, 0.3) is 10.9 Å². The number of nitrogens with zero attached hydrogens (tertiary/aromatic N) is 1. The Morgan fingerprint density at radius 1 is 1.17 bits per heavy atom. The summed E-state index contributed by atoms with van der Waals surface area (Å²) in [4.78, 5) is 12.3. The van der Waals surface area contributed by atoms with Crippen molar-refractivity contribution in [2.45, 2.75) is 62.2 Å². The summed E-state index contributed by atoms with van der Waals surface area (Å²) in [5.41, 5.74) is -4.31. The van der Waals surface area contributed by atoms with Crippen LogP contribution in [0.3, 0.4) is 0 Å². The van der Waals surface area contributed by atoms with Crippen LogP contribution >= 0.6 is 0 Å². The smallest absolute Gasteiger partial charge is 0.250 e. The molecule has 1 N–H and O–H groups in total. The van der Waals surface area contributed by atoms with E-state index in [1.54, 1.807) is 31.2 Å². The number of hydrogen-bond acceptors (Lipinski definition) is 5. The van der Waals surface area contributed by atoms with Crippen LogP contribution in [0, 0.1) is 6.92 Å². The van der Waals surface area contributed by atoms with Crippen LogP contribution in [-0.2, 0) is 28.2 Å². The molecule has 3 atom stereocenters. The van der Waals surface area contributed by atoms with E-state index in [2.05, 4.69) is 0 Å². The second-order valence-electron chi connectivity index (χ2n) is 9.92. The van der Waals surface area contributed by atoms with Crippen molar-refractivity contribution >= 4 is 20.7 Å². The molecule has 6 nitrogen and oxygen atoms in total. The van der Waals surface area contributed by atoms with Gasteiger partial charge in [0.05, 0.1) is 29.0 Å². The van der Waals surface area contributed by atoms with Gasteiger partial charge in [-0.3, -0.25) is 4.79 Å². The quantitative estimate of drug-likeness (QED) is 0.507. The van der Waals surface area contributed by atoms with Gasteiger partial charge in [-0.15, -0.1) is 0 Å². The van der Waals surface area contributed by atoms with E-state index in [-0.39, 0.29) is 28.2 Å². The van der Waals surface area contributed by atoms with E-state index in [4.69, 9.17) is 4.74 Å². The van der Waals surface area contributed by atoms with Crippen molar-refractivity contribution in [3.05, 3.63) is 69.5 Å². The fraction of sp³-hybridized carbons (Fsp3) is 0.423. The van der Waals surface area contributed by atoms with Gasteiger partial charge in [0.25, 0.3) is 6.43 Å². The molecule has 3 unspecified atom stereocenters. The number of pyridine rings is 1. The predicted molar refractivity (Wildman–Crippen MR) is 131 cm³/mol. The largest absolute Gasteiger partial charge is 0.493 e. The highest BCUT2D eigenvalue weighted by Crippen LogP contribution is 2.48. The molecule has 3 aromatic rings. The maximum atomic E-state index is 16.3. The van der Waals surface area contributed by atoms with Crippen molar-refractivity contribution in [3.8, 4) is 5.75 Å². The molecular formula is C26H28F3NO5S. The van der Waals surface area contributed by atoms with Crippen LogP contribution in [0.5, 0.6) is 5.75 Å². The number of para-hydroxylation sites is 1. The van der Waals surface area contributed by atoms with Crippen LogP contribution in [0.15, 0.2) is 52.3 Å². The van der Waals surface area contributed by atoms with Crippen LogP contribution in [-0.4, -0.2) is 49.2 Å². The average molecular weight is 524 g/mol. The zero-order valence-corrected chi connectivity index (χ0v) is 21.2. The number of aryl methyl sites for hydroxylation is 1. The summed E-state index contributed by atoms with van der Waals surface area (Å²) < 4.78 is 77.4. The number of halogens is 3. The van der Waals surface area contributed by atoms with E-state index in [0.717, 1.165) is 26.2 Å². The van der Waals surface area contributed by atoms with Gasteiger partial charge in [0.1, 0.15) is 17.5 Å². The maximum absolute atomic E-state index is 16.3. The molecule has 0 saturated carbocycles. The van der Waals surface area contributed by atoms with Crippen molar-refractivity contribution in [1.29, 1.82) is 0 Å². The SMILES string of the molecule is Cc1cn(CC(C)(O)C(F)C(C)(c2cc(S(C)(=O)=O)cc3c2OCC3)C(F)F)c2ccccc2c1=O. The van der Waals surface area contributed by atoms with Crippen molar-refractivity contribution in [3.63, 3.8) is 0 Å². The molecule has 0 amide bonds. The lowest BCUT2D eigenvalue weighted by molar-refractivity contribution is -0.102. The standard InChI is InChI=1S/C26H28F3NO5S/c1-15-13-30(20-8-6-5-7-18(20)21(15)31)14-25(2,32)23(27)26(3,24(28)29)19-12-17(36(4,33)34)11-16-9-10-35-22(16)19/h5-8,11-13,23-24,32H,9-10,14H2,1-4H3. The lowest BCUT2D eigenvalue weighted by Crippen LogP contribution is -2.55. The molecule has 2 heterocycles. The minimum Gasteiger partial charge on any atom is -0.493 e. The Balaban J connectivity index is 1.85. The van der Waals surface area contributed by atoms with Crippen LogP contribution in [0.4, 0.5) is 13.2 Å². The summed E-state index contributed by atoms with van der Waals surface area (Å²) in [7, 11) is -3.79. The number of sulfone groups is 1. The number of hydrogen-bond donors (Lipinski definition) is 1. The maximum Gasteiger partial charge on any atom is 0.250 e. The molecule has 0 radical (unpaired) electrons. The summed E-state index contributed by atoms with van der Waals surface area (Å²) in [6.45, 7) is 3.36. The van der Waals surface area contributed by atoms with Gasteiger partial charge in [-0.25, -0.2) is 21.6 Å². The normalized spacial score (nSPS) is 17.9. The Morgan fingerprint density at radius 3 is 2.47 bits per heavy atom. The summed E-state index contributed by atoms with van der Waals surface area (Å²) in [6, 6.07) is 8.95. The molecule has 1 aliphatic rings. The van der Waals surface area contributed by atoms with E-state index < -0.39 is 40.0 Å². The highest BCUT2D eigenvalue weighted by Gasteiger charge is 2.55. The minimum atomic E-state index is -3.79. The molecule has 4 rings (SSSR count). The molecule has 36 heavy (non-hydrogen) atoms. The highest BCUT2D eigenvalue weighted by molar-refractivity contribution is 7.90. The first-order valence-corrected chi connectivity index (χ1v) is 13.3. The highest BCUT2D eigenvalue weighted by atomic mass is 32.2. The molecule has 0 spiro atoms. The van der Waals surface area contributed by atoms with E-state index >= 15 is 4.39 Å². The Hall–Kier alpha value is -2.85. The Bertz CT molecular complexity index is 1500. The third-order valence-corrected chi connectivity index (χ3v) is 8.04. The molecule has 0 fully saturated rings. The van der Waals surface area contributed by atoms with Gasteiger partial charge in [0, 0.05) is 35.4 Å². The first kappa shape index (κ1) is 26.2. The number of alkyl halides is 3. The van der Waals surface area contributed by atoms with Crippen molar-refractivity contribution in [2.24, 2.45) is 0 Å². The topological polar surface area (TPSA) is 85.6 Å². The number of rotatable bonds is 7. The first-order valence-electron chi connectivity index (χ1n) is 11.4. The summed E-state index contributed by atoms with van der Waals surface area (Å²) in [6.07, 6.45) is -3.17. The molecule has 1 aromatic heterocycles. The van der Waals surface area contributed by atoms with E-state index in [0.29, 0.717) is 28.5 Å². The fourth-order valence-electron chi connectivity index (χ4n) is 4.95. The zero-order chi connectivity index (χ0) is 26.6. The van der Waals surface area contributed by atoms with Gasteiger partial charge >= 0.3 is 0 Å². The second-order valence-corrected chi connectivity index (χ2v) is 11.9. The Labute approximate surface area is 207 Å². The van der Waals surface area contributed by atoms with Gasteiger partial charge in [-0.1, -0.05) is 12.1 Å². The summed E-state index contributed by atoms with van der Waals surface area (Å²) >= 11 is 0. The second kappa shape index (κ2) is 8.92. The van der Waals surface area contributed by atoms with Crippen LogP contribution in [0.1, 0.15) is 30.5 Å². The van der Waals surface area contributed by atoms with E-state index in [1.165, 1.54) is 16.8 Å². The molecule has 0 bridgehead atoms. The fourth-order valence-corrected chi connectivity index (χ4v) is 5.64. The molecule has 194 valence electrons. The van der Waals surface area contributed by atoms with Crippen molar-refractivity contribution < 1.29 is 31.4 Å². The number of aromatic nitrogens is 1. The van der Waals surface area contributed by atoms with E-state index in [1.807, 2.05) is 0 Å². The Morgan fingerprint density at radius 2 is 1.83 bits per heavy atom. The van der Waals surface area contributed by atoms with Gasteiger partial charge in [-0.2, -0.15) is 0 Å². The third-order valence-electron chi connectivity index (χ3n) is 6.95. The van der Waals surface area contributed by atoms with Gasteiger partial charge < -0.3 is 14.4 Å². The molecule has 2 aromatic carbocycles. The molecular weight excluding hydrogens is 495 g/mol. The molecule has 10 heteroatoms. The predicted octanol–water partition coefficient (Wildman–Crippen LogP) is 3.96. The molecule has 1 aliphatic heterocycles. The number of ether oxygens (including phenoxy) is 1. The van der Waals surface area contributed by atoms with Gasteiger partial charge in [0.2, 0.25) is 0 Å². The van der Waals surface area contributed by atoms with Gasteiger partial charge in [0.15, 0.2) is 15.3 Å². The van der Waals surface area contributed by atoms with Crippen molar-refractivity contribution in [1.82, 2.24) is 4.57 Å². The number of fused-ring (bicyclic) bond motifs is 2. The Kier molecular flexibility index (Phi) is 6.49. The van der Waals surface area contributed by atoms with Crippen molar-refractivity contribution in [2.75, 3.05) is 12.9 Å². The minimum absolute atomic E-state index is 0.0216. The summed E-state index contributed by atoms with van der Waals surface area (Å²) in [5, 5.41) is 11.7. The zero-order valence-electron chi connectivity index (χ0n) is 20.4. The van der Waals surface area contributed by atoms with Crippen LogP contribution in [0.2, 0.25) is 0 Å². The van der Waals surface area contributed by atoms with E-state index in [9.17, 15) is 27.1 Å². The number of benzene rings is 2. The third kappa shape index (κ3) is 4.30. The van der Waals surface area contributed by atoms with Crippen LogP contribution < -0.4 is 10.2 Å². The summed E-state index contributed by atoms with van der Waals surface area (Å²) in [5.74, 6) is 0.0216. The first-order chi connectivity index (χ1) is 16.7. The monoisotopic (exact) mass is 523 g/mol. The van der Waals surface area contributed by atoms with Gasteiger partial charge in [-0.05, 0) is 50.6 Å². The lowest BCUT2D eigenvalue weighted by Gasteiger charge is -2.41. The average Bonchev–Trinajstić information content (AvgIpc) is 3.28.